The number of carbonyl (C=O) groups excluding carboxylic acids is 2. The highest BCUT2D eigenvalue weighted by atomic mass is 19.4. The first-order chi connectivity index (χ1) is 13.7. The van der Waals surface area contributed by atoms with Crippen molar-refractivity contribution in [1.82, 2.24) is 10.9 Å². The molecule has 156 valence electrons. The van der Waals surface area contributed by atoms with Crippen LogP contribution in [0.2, 0.25) is 0 Å². The maximum absolute atomic E-state index is 12.7. The van der Waals surface area contributed by atoms with Gasteiger partial charge < -0.3 is 14.2 Å². The minimum atomic E-state index is -4.51. The number of rotatable bonds is 6. The van der Waals surface area contributed by atoms with Crippen LogP contribution in [0, 0.1) is 0 Å². The van der Waals surface area contributed by atoms with E-state index in [9.17, 15) is 22.8 Å². The molecule has 0 atom stereocenters. The fourth-order valence-corrected chi connectivity index (χ4v) is 2.50. The van der Waals surface area contributed by atoms with Crippen molar-refractivity contribution in [2.75, 3.05) is 21.3 Å². The lowest BCUT2D eigenvalue weighted by molar-refractivity contribution is -0.137. The van der Waals surface area contributed by atoms with Crippen molar-refractivity contribution in [2.24, 2.45) is 0 Å². The predicted molar refractivity (Wildman–Crippen MR) is 96.9 cm³/mol. The standard InChI is InChI=1S/C19H19F3N2O5/c1-27-14-9-12(10-15(28-2)17(14)29-3)18(26)24-23-16(25)8-11-5-4-6-13(7-11)19(20,21)22/h4-7,9-10H,8H2,1-3H3,(H,23,25)(H,24,26). The maximum Gasteiger partial charge on any atom is 0.416 e. The Morgan fingerprint density at radius 1 is 0.931 bits per heavy atom. The number of amides is 2. The van der Waals surface area contributed by atoms with Crippen LogP contribution in [-0.2, 0) is 17.4 Å². The Hall–Kier alpha value is -3.43. The quantitative estimate of drug-likeness (QED) is 0.713. The highest BCUT2D eigenvalue weighted by Gasteiger charge is 2.30. The molecule has 0 saturated heterocycles. The van der Waals surface area contributed by atoms with Crippen LogP contribution in [0.25, 0.3) is 0 Å². The molecule has 0 aromatic heterocycles. The molecule has 0 aliphatic rings. The first-order valence-electron chi connectivity index (χ1n) is 8.25. The van der Waals surface area contributed by atoms with E-state index in [1.165, 1.54) is 45.6 Å². The van der Waals surface area contributed by atoms with Crippen LogP contribution < -0.4 is 25.1 Å². The average Bonchev–Trinajstić information content (AvgIpc) is 2.70. The summed E-state index contributed by atoms with van der Waals surface area (Å²) < 4.78 is 53.7. The van der Waals surface area contributed by atoms with Gasteiger partial charge in [0.2, 0.25) is 11.7 Å². The van der Waals surface area contributed by atoms with E-state index in [4.69, 9.17) is 14.2 Å². The van der Waals surface area contributed by atoms with Crippen LogP contribution in [0.1, 0.15) is 21.5 Å². The molecule has 0 saturated carbocycles. The van der Waals surface area contributed by atoms with Gasteiger partial charge in [-0.05, 0) is 23.8 Å². The number of nitrogens with one attached hydrogen (secondary N) is 2. The van der Waals surface area contributed by atoms with Gasteiger partial charge in [-0.15, -0.1) is 0 Å². The molecule has 10 heteroatoms. The molecule has 0 radical (unpaired) electrons. The van der Waals surface area contributed by atoms with Gasteiger partial charge in [0.1, 0.15) is 0 Å². The van der Waals surface area contributed by atoms with E-state index < -0.39 is 23.6 Å². The molecule has 0 heterocycles. The van der Waals surface area contributed by atoms with Crippen molar-refractivity contribution in [3.05, 3.63) is 53.1 Å². The highest BCUT2D eigenvalue weighted by Crippen LogP contribution is 2.38. The smallest absolute Gasteiger partial charge is 0.416 e. The molecule has 0 aliphatic heterocycles. The van der Waals surface area contributed by atoms with Crippen LogP contribution >= 0.6 is 0 Å². The summed E-state index contributed by atoms with van der Waals surface area (Å²) in [6.45, 7) is 0. The third-order valence-electron chi connectivity index (χ3n) is 3.86. The summed E-state index contributed by atoms with van der Waals surface area (Å²) in [6, 6.07) is 7.15. The predicted octanol–water partition coefficient (Wildman–Crippen LogP) is 2.73. The Morgan fingerprint density at radius 2 is 1.55 bits per heavy atom. The lowest BCUT2D eigenvalue weighted by Gasteiger charge is -2.14. The van der Waals surface area contributed by atoms with Gasteiger partial charge in [-0.2, -0.15) is 13.2 Å². The van der Waals surface area contributed by atoms with Gasteiger partial charge in [0.05, 0.1) is 33.3 Å². The Balaban J connectivity index is 2.05. The monoisotopic (exact) mass is 412 g/mol. The number of halogens is 3. The van der Waals surface area contributed by atoms with Crippen LogP contribution in [0.3, 0.4) is 0 Å². The van der Waals surface area contributed by atoms with Crippen LogP contribution in [0.5, 0.6) is 17.2 Å². The zero-order valence-corrected chi connectivity index (χ0v) is 15.8. The van der Waals surface area contributed by atoms with Gasteiger partial charge in [-0.1, -0.05) is 18.2 Å². The Kier molecular flexibility index (Phi) is 6.92. The van der Waals surface area contributed by atoms with Crippen molar-refractivity contribution in [3.8, 4) is 17.2 Å². The Bertz CT molecular complexity index is 875. The molecule has 7 nitrogen and oxygen atoms in total. The van der Waals surface area contributed by atoms with Crippen LogP contribution in [0.15, 0.2) is 36.4 Å². The molecule has 0 spiro atoms. The van der Waals surface area contributed by atoms with Crippen molar-refractivity contribution in [1.29, 1.82) is 0 Å². The summed E-state index contributed by atoms with van der Waals surface area (Å²) >= 11 is 0. The van der Waals surface area contributed by atoms with Crippen molar-refractivity contribution >= 4 is 11.8 Å². The average molecular weight is 412 g/mol. The molecule has 0 bridgehead atoms. The van der Waals surface area contributed by atoms with Crippen LogP contribution in [-0.4, -0.2) is 33.1 Å². The second-order valence-corrected chi connectivity index (χ2v) is 5.79. The van der Waals surface area contributed by atoms with E-state index >= 15 is 0 Å². The van der Waals surface area contributed by atoms with Crippen LogP contribution in [0.4, 0.5) is 13.2 Å². The molecular weight excluding hydrogens is 393 g/mol. The second kappa shape index (κ2) is 9.18. The number of methoxy groups -OCH3 is 3. The number of alkyl halides is 3. The Labute approximate surface area is 164 Å². The molecule has 2 aromatic rings. The summed E-state index contributed by atoms with van der Waals surface area (Å²) in [5.41, 5.74) is 3.75. The molecule has 2 amide bonds. The van der Waals surface area contributed by atoms with Crippen molar-refractivity contribution < 1.29 is 37.0 Å². The van der Waals surface area contributed by atoms with Gasteiger partial charge in [-0.25, -0.2) is 0 Å². The summed E-state index contributed by atoms with van der Waals surface area (Å²) in [5, 5.41) is 0. The molecule has 0 aliphatic carbocycles. The minimum Gasteiger partial charge on any atom is -0.493 e. The summed E-state index contributed by atoms with van der Waals surface area (Å²) in [6.07, 6.45) is -4.85. The van der Waals surface area contributed by atoms with Crippen molar-refractivity contribution in [2.45, 2.75) is 12.6 Å². The first kappa shape index (κ1) is 21.9. The number of hydrogen-bond acceptors (Lipinski definition) is 5. The number of benzene rings is 2. The molecule has 0 unspecified atom stereocenters. The van der Waals surface area contributed by atoms with E-state index in [0.29, 0.717) is 5.75 Å². The molecule has 29 heavy (non-hydrogen) atoms. The molecule has 0 fully saturated rings. The number of hydrogen-bond donors (Lipinski definition) is 2. The topological polar surface area (TPSA) is 85.9 Å². The van der Waals surface area contributed by atoms with E-state index in [1.807, 2.05) is 0 Å². The highest BCUT2D eigenvalue weighted by molar-refractivity contribution is 5.96. The molecule has 2 aromatic carbocycles. The van der Waals surface area contributed by atoms with E-state index in [2.05, 4.69) is 10.9 Å². The van der Waals surface area contributed by atoms with E-state index in [0.717, 1.165) is 12.1 Å². The van der Waals surface area contributed by atoms with Crippen molar-refractivity contribution in [3.63, 3.8) is 0 Å². The number of hydrazine groups is 1. The molecular formula is C19H19F3N2O5. The first-order valence-corrected chi connectivity index (χ1v) is 8.25. The third kappa shape index (κ3) is 5.53. The largest absolute Gasteiger partial charge is 0.493 e. The fourth-order valence-electron chi connectivity index (χ4n) is 2.50. The van der Waals surface area contributed by atoms with Gasteiger partial charge in [0.25, 0.3) is 5.91 Å². The lowest BCUT2D eigenvalue weighted by Crippen LogP contribution is -2.42. The van der Waals surface area contributed by atoms with Gasteiger partial charge in [0.15, 0.2) is 11.5 Å². The zero-order valence-electron chi connectivity index (χ0n) is 15.8. The SMILES string of the molecule is COc1cc(C(=O)NNC(=O)Cc2cccc(C(F)(F)F)c2)cc(OC)c1OC. The number of ether oxygens (including phenoxy) is 3. The van der Waals surface area contributed by atoms with E-state index in [1.54, 1.807) is 0 Å². The Morgan fingerprint density at radius 3 is 2.07 bits per heavy atom. The normalized spacial score (nSPS) is 10.8. The molecule has 2 rings (SSSR count). The zero-order chi connectivity index (χ0) is 21.6. The maximum atomic E-state index is 12.7. The fraction of sp³-hybridized carbons (Fsp3) is 0.263. The molecule has 2 N–H and O–H groups in total. The van der Waals surface area contributed by atoms with E-state index in [-0.39, 0.29) is 29.0 Å². The second-order valence-electron chi connectivity index (χ2n) is 5.79. The minimum absolute atomic E-state index is 0.110. The summed E-state index contributed by atoms with van der Waals surface area (Å²) in [4.78, 5) is 24.3. The lowest BCUT2D eigenvalue weighted by atomic mass is 10.1. The summed E-state index contributed by atoms with van der Waals surface area (Å²) in [5.74, 6) is -0.591. The van der Waals surface area contributed by atoms with Gasteiger partial charge >= 0.3 is 6.18 Å². The number of carbonyl (C=O) groups is 2. The van der Waals surface area contributed by atoms with Gasteiger partial charge in [0, 0.05) is 5.56 Å². The summed E-state index contributed by atoms with van der Waals surface area (Å²) in [7, 11) is 4.18. The third-order valence-corrected chi connectivity index (χ3v) is 3.86. The van der Waals surface area contributed by atoms with Gasteiger partial charge in [-0.3, -0.25) is 20.4 Å².